The molecule has 18 heavy (non-hydrogen) atoms. The van der Waals surface area contributed by atoms with Gasteiger partial charge in [-0.25, -0.2) is 0 Å². The standard InChI is InChI=1S/C14H18N2O2/c1-2-12-11(8-17)4-13(18)16-7-9-3-10(14(12)16)6-15-5-9/h2,4,9-10,15,17H,1,3,5-8H2. The molecule has 0 aromatic carbocycles. The van der Waals surface area contributed by atoms with Crippen LogP contribution in [0.25, 0.3) is 6.08 Å². The van der Waals surface area contributed by atoms with Gasteiger partial charge in [0.25, 0.3) is 5.56 Å². The van der Waals surface area contributed by atoms with Gasteiger partial charge in [0, 0.05) is 30.8 Å². The molecule has 2 atom stereocenters. The molecule has 0 radical (unpaired) electrons. The highest BCUT2D eigenvalue weighted by Crippen LogP contribution is 2.35. The van der Waals surface area contributed by atoms with Crippen LogP contribution in [-0.4, -0.2) is 22.8 Å². The number of aromatic nitrogens is 1. The Balaban J connectivity index is 2.25. The summed E-state index contributed by atoms with van der Waals surface area (Å²) in [5.74, 6) is 0.913. The van der Waals surface area contributed by atoms with Crippen molar-refractivity contribution in [2.45, 2.75) is 25.5 Å². The maximum Gasteiger partial charge on any atom is 0.251 e. The molecule has 0 amide bonds. The molecule has 1 fully saturated rings. The van der Waals surface area contributed by atoms with E-state index < -0.39 is 0 Å². The average molecular weight is 246 g/mol. The lowest BCUT2D eigenvalue weighted by Crippen LogP contribution is -2.45. The van der Waals surface area contributed by atoms with E-state index in [2.05, 4.69) is 11.9 Å². The van der Waals surface area contributed by atoms with Crippen molar-refractivity contribution < 1.29 is 5.11 Å². The fraction of sp³-hybridized carbons (Fsp3) is 0.500. The van der Waals surface area contributed by atoms with Crippen LogP contribution in [0.4, 0.5) is 0 Å². The molecular formula is C14H18N2O2. The summed E-state index contributed by atoms with van der Waals surface area (Å²) in [6.45, 7) is 6.42. The number of hydrogen-bond acceptors (Lipinski definition) is 3. The second-order valence-corrected chi connectivity index (χ2v) is 5.24. The van der Waals surface area contributed by atoms with Crippen LogP contribution in [0.3, 0.4) is 0 Å². The van der Waals surface area contributed by atoms with Crippen molar-refractivity contribution in [1.82, 2.24) is 9.88 Å². The molecule has 2 aliphatic heterocycles. The molecule has 3 heterocycles. The van der Waals surface area contributed by atoms with Crippen LogP contribution in [0, 0.1) is 5.92 Å². The fourth-order valence-corrected chi connectivity index (χ4v) is 3.36. The summed E-state index contributed by atoms with van der Waals surface area (Å²) >= 11 is 0. The molecule has 4 heteroatoms. The lowest BCUT2D eigenvalue weighted by molar-refractivity contribution is 0.252. The Labute approximate surface area is 106 Å². The maximum atomic E-state index is 12.1. The molecule has 1 saturated heterocycles. The molecule has 2 aliphatic rings. The minimum absolute atomic E-state index is 0.0104. The van der Waals surface area contributed by atoms with E-state index in [1.165, 1.54) is 0 Å². The zero-order valence-electron chi connectivity index (χ0n) is 10.4. The van der Waals surface area contributed by atoms with Crippen LogP contribution < -0.4 is 10.9 Å². The first-order chi connectivity index (χ1) is 8.74. The Kier molecular flexibility index (Phi) is 2.84. The van der Waals surface area contributed by atoms with Gasteiger partial charge < -0.3 is 15.0 Å². The largest absolute Gasteiger partial charge is 0.392 e. The first-order valence-corrected chi connectivity index (χ1v) is 6.45. The van der Waals surface area contributed by atoms with Crippen molar-refractivity contribution in [3.05, 3.63) is 39.8 Å². The molecule has 0 saturated carbocycles. The normalized spacial score (nSPS) is 25.6. The summed E-state index contributed by atoms with van der Waals surface area (Å²) in [5, 5.41) is 12.8. The smallest absolute Gasteiger partial charge is 0.251 e. The van der Waals surface area contributed by atoms with E-state index in [4.69, 9.17) is 0 Å². The van der Waals surface area contributed by atoms with Gasteiger partial charge >= 0.3 is 0 Å². The molecule has 0 spiro atoms. The lowest BCUT2D eigenvalue weighted by atomic mass is 9.81. The first-order valence-electron chi connectivity index (χ1n) is 6.45. The van der Waals surface area contributed by atoms with Gasteiger partial charge in [0.1, 0.15) is 0 Å². The number of nitrogens with one attached hydrogen (secondary N) is 1. The molecule has 2 unspecified atom stereocenters. The summed E-state index contributed by atoms with van der Waals surface area (Å²) in [7, 11) is 0. The minimum atomic E-state index is -0.103. The van der Waals surface area contributed by atoms with E-state index in [1.54, 1.807) is 12.1 Å². The number of rotatable bonds is 2. The van der Waals surface area contributed by atoms with Gasteiger partial charge in [0.15, 0.2) is 0 Å². The van der Waals surface area contributed by atoms with Crippen molar-refractivity contribution in [2.75, 3.05) is 13.1 Å². The second kappa shape index (κ2) is 4.37. The van der Waals surface area contributed by atoms with E-state index in [9.17, 15) is 9.90 Å². The molecule has 2 N–H and O–H groups in total. The van der Waals surface area contributed by atoms with Gasteiger partial charge in [-0.05, 0) is 30.0 Å². The van der Waals surface area contributed by atoms with Crippen molar-refractivity contribution in [3.8, 4) is 0 Å². The molecule has 4 nitrogen and oxygen atoms in total. The Morgan fingerprint density at radius 3 is 3.11 bits per heavy atom. The van der Waals surface area contributed by atoms with E-state index >= 15 is 0 Å². The summed E-state index contributed by atoms with van der Waals surface area (Å²) in [6, 6.07) is 1.55. The Bertz CT molecular complexity index is 547. The molecule has 0 aliphatic carbocycles. The van der Waals surface area contributed by atoms with Crippen LogP contribution in [0.2, 0.25) is 0 Å². The van der Waals surface area contributed by atoms with Crippen molar-refractivity contribution in [1.29, 1.82) is 0 Å². The zero-order valence-corrected chi connectivity index (χ0v) is 10.4. The van der Waals surface area contributed by atoms with Crippen molar-refractivity contribution in [3.63, 3.8) is 0 Å². The number of aliphatic hydroxyl groups excluding tert-OH is 1. The Morgan fingerprint density at radius 2 is 2.39 bits per heavy atom. The van der Waals surface area contributed by atoms with Crippen LogP contribution in [0.15, 0.2) is 17.4 Å². The molecular weight excluding hydrogens is 228 g/mol. The van der Waals surface area contributed by atoms with Crippen molar-refractivity contribution in [2.24, 2.45) is 5.92 Å². The number of piperidine rings is 1. The summed E-state index contributed by atoms with van der Waals surface area (Å²) in [4.78, 5) is 12.1. The number of pyridine rings is 1. The summed E-state index contributed by atoms with van der Waals surface area (Å²) < 4.78 is 1.88. The predicted molar refractivity (Wildman–Crippen MR) is 70.4 cm³/mol. The van der Waals surface area contributed by atoms with Gasteiger partial charge in [-0.3, -0.25) is 4.79 Å². The molecule has 1 aromatic rings. The van der Waals surface area contributed by atoms with Gasteiger partial charge in [-0.2, -0.15) is 0 Å². The molecule has 96 valence electrons. The van der Waals surface area contributed by atoms with Crippen molar-refractivity contribution >= 4 is 6.08 Å². The average Bonchev–Trinajstić information content (AvgIpc) is 2.39. The minimum Gasteiger partial charge on any atom is -0.392 e. The molecule has 3 rings (SSSR count). The van der Waals surface area contributed by atoms with Gasteiger partial charge in [0.2, 0.25) is 0 Å². The monoisotopic (exact) mass is 246 g/mol. The Morgan fingerprint density at radius 1 is 1.56 bits per heavy atom. The number of fused-ring (bicyclic) bond motifs is 4. The number of hydrogen-bond donors (Lipinski definition) is 2. The predicted octanol–water partition coefficient (Wildman–Crippen LogP) is 0.690. The fourth-order valence-electron chi connectivity index (χ4n) is 3.36. The number of nitrogens with zero attached hydrogens (tertiary/aromatic N) is 1. The topological polar surface area (TPSA) is 54.3 Å². The maximum absolute atomic E-state index is 12.1. The van der Waals surface area contributed by atoms with Crippen LogP contribution >= 0.6 is 0 Å². The third-order valence-electron chi connectivity index (χ3n) is 4.12. The van der Waals surface area contributed by atoms with Crippen LogP contribution in [-0.2, 0) is 13.2 Å². The summed E-state index contributed by atoms with van der Waals surface area (Å²) in [5.41, 5.74) is 2.72. The lowest BCUT2D eigenvalue weighted by Gasteiger charge is -2.38. The van der Waals surface area contributed by atoms with E-state index in [0.717, 1.165) is 37.3 Å². The number of aliphatic hydroxyl groups is 1. The highest BCUT2D eigenvalue weighted by molar-refractivity contribution is 5.56. The highest BCUT2D eigenvalue weighted by Gasteiger charge is 2.32. The zero-order chi connectivity index (χ0) is 12.7. The van der Waals surface area contributed by atoms with E-state index in [1.807, 2.05) is 4.57 Å². The second-order valence-electron chi connectivity index (χ2n) is 5.24. The third kappa shape index (κ3) is 1.64. The third-order valence-corrected chi connectivity index (χ3v) is 4.12. The molecule has 2 bridgehead atoms. The van der Waals surface area contributed by atoms with Crippen LogP contribution in [0.5, 0.6) is 0 Å². The Hall–Kier alpha value is -1.39. The van der Waals surface area contributed by atoms with E-state index in [0.29, 0.717) is 17.4 Å². The van der Waals surface area contributed by atoms with Crippen LogP contribution in [0.1, 0.15) is 29.2 Å². The first kappa shape index (κ1) is 11.7. The van der Waals surface area contributed by atoms with Gasteiger partial charge in [-0.1, -0.05) is 12.7 Å². The molecule has 1 aromatic heterocycles. The SMILES string of the molecule is C=Cc1c(CO)cc(=O)n2c1C1CNCC(C1)C2. The quantitative estimate of drug-likeness (QED) is 0.807. The van der Waals surface area contributed by atoms with E-state index in [-0.39, 0.29) is 12.2 Å². The highest BCUT2D eigenvalue weighted by atomic mass is 16.3. The summed E-state index contributed by atoms with van der Waals surface area (Å²) in [6.07, 6.45) is 2.90. The van der Waals surface area contributed by atoms with Gasteiger partial charge in [-0.15, -0.1) is 0 Å². The van der Waals surface area contributed by atoms with Gasteiger partial charge in [0.05, 0.1) is 6.61 Å².